The van der Waals surface area contributed by atoms with Gasteiger partial charge in [0.05, 0.1) is 5.39 Å². The van der Waals surface area contributed by atoms with Crippen molar-refractivity contribution >= 4 is 16.9 Å². The number of anilines is 1. The highest BCUT2D eigenvalue weighted by Gasteiger charge is 2.40. The number of hydrogen-bond donors (Lipinski definition) is 1. The highest BCUT2D eigenvalue weighted by atomic mass is 15.1. The predicted molar refractivity (Wildman–Crippen MR) is 109 cm³/mol. The van der Waals surface area contributed by atoms with Gasteiger partial charge in [-0.2, -0.15) is 0 Å². The lowest BCUT2D eigenvalue weighted by Gasteiger charge is -2.41. The number of nitrogens with two attached hydrogens (primary N) is 1. The van der Waals surface area contributed by atoms with Gasteiger partial charge in [-0.05, 0) is 88.9 Å². The van der Waals surface area contributed by atoms with E-state index in [2.05, 4.69) is 44.8 Å². The molecule has 2 unspecified atom stereocenters. The molecule has 144 valence electrons. The van der Waals surface area contributed by atoms with Crippen LogP contribution in [0.3, 0.4) is 0 Å². The molecule has 1 spiro atoms. The lowest BCUT2D eigenvalue weighted by Crippen LogP contribution is -2.38. The van der Waals surface area contributed by atoms with Crippen LogP contribution in [0.15, 0.2) is 30.2 Å². The second-order valence-corrected chi connectivity index (χ2v) is 9.11. The smallest absolute Gasteiger partial charge is 0.145 e. The monoisotopic (exact) mass is 365 g/mol. The molecule has 5 rings (SSSR count). The van der Waals surface area contributed by atoms with Gasteiger partial charge < -0.3 is 15.2 Å². The van der Waals surface area contributed by atoms with Gasteiger partial charge in [0.25, 0.3) is 0 Å². The van der Waals surface area contributed by atoms with Crippen molar-refractivity contribution in [2.24, 2.45) is 11.3 Å². The van der Waals surface area contributed by atoms with Crippen LogP contribution in [0.25, 0.3) is 11.0 Å². The second kappa shape index (κ2) is 6.62. The molecule has 5 nitrogen and oxygen atoms in total. The van der Waals surface area contributed by atoms with Gasteiger partial charge in [0.2, 0.25) is 0 Å². The van der Waals surface area contributed by atoms with Crippen molar-refractivity contribution in [3.63, 3.8) is 0 Å². The standard InChI is InChI=1S/C22H31N5/c1-26-11-8-22(9-12-26)7-2-3-17(22)13-16-4-5-18(14-16)27-10-6-19-20(23)24-15-25-21(19)27/h3,6,10,15-16,18H,2,4-5,7-9,11-14H2,1H3,(H2,23,24,25). The molecule has 3 aliphatic rings. The number of fused-ring (bicyclic) bond motifs is 1. The molecule has 0 radical (unpaired) electrons. The Hall–Kier alpha value is -1.88. The summed E-state index contributed by atoms with van der Waals surface area (Å²) < 4.78 is 2.35. The summed E-state index contributed by atoms with van der Waals surface area (Å²) in [6, 6.07) is 2.63. The molecule has 3 heterocycles. The maximum Gasteiger partial charge on any atom is 0.145 e. The van der Waals surface area contributed by atoms with Crippen LogP contribution in [-0.4, -0.2) is 39.6 Å². The van der Waals surface area contributed by atoms with Crippen molar-refractivity contribution in [1.82, 2.24) is 19.4 Å². The number of nitrogens with zero attached hydrogens (tertiary/aromatic N) is 4. The first-order valence-corrected chi connectivity index (χ1v) is 10.6. The zero-order valence-electron chi connectivity index (χ0n) is 16.4. The lowest BCUT2D eigenvalue weighted by molar-refractivity contribution is 0.149. The topological polar surface area (TPSA) is 60.0 Å². The van der Waals surface area contributed by atoms with Crippen molar-refractivity contribution in [3.8, 4) is 0 Å². The van der Waals surface area contributed by atoms with E-state index in [1.165, 1.54) is 64.5 Å². The first kappa shape index (κ1) is 17.2. The molecule has 0 aromatic carbocycles. The minimum absolute atomic E-state index is 0.534. The van der Waals surface area contributed by atoms with E-state index in [0.29, 0.717) is 17.3 Å². The molecule has 0 bridgehead atoms. The third-order valence-electron chi connectivity index (χ3n) is 7.59. The molecule has 2 fully saturated rings. The Morgan fingerprint density at radius 2 is 2.04 bits per heavy atom. The van der Waals surface area contributed by atoms with Crippen LogP contribution < -0.4 is 5.73 Å². The van der Waals surface area contributed by atoms with Crippen LogP contribution in [0.2, 0.25) is 0 Å². The summed E-state index contributed by atoms with van der Waals surface area (Å²) in [4.78, 5) is 11.1. The summed E-state index contributed by atoms with van der Waals surface area (Å²) in [5, 5.41) is 0.990. The summed E-state index contributed by atoms with van der Waals surface area (Å²) in [6.07, 6.45) is 16.9. The zero-order valence-corrected chi connectivity index (χ0v) is 16.4. The zero-order chi connectivity index (χ0) is 18.4. The molecule has 2 aromatic rings. The van der Waals surface area contributed by atoms with Crippen LogP contribution in [0.1, 0.15) is 57.4 Å². The van der Waals surface area contributed by atoms with Gasteiger partial charge in [0, 0.05) is 12.2 Å². The molecular weight excluding hydrogens is 334 g/mol. The maximum absolute atomic E-state index is 6.02. The van der Waals surface area contributed by atoms with Crippen LogP contribution in [0.4, 0.5) is 5.82 Å². The van der Waals surface area contributed by atoms with E-state index < -0.39 is 0 Å². The van der Waals surface area contributed by atoms with Gasteiger partial charge >= 0.3 is 0 Å². The fourth-order valence-corrected chi connectivity index (χ4v) is 5.90. The van der Waals surface area contributed by atoms with Gasteiger partial charge in [-0.15, -0.1) is 0 Å². The Morgan fingerprint density at radius 1 is 1.19 bits per heavy atom. The highest BCUT2D eigenvalue weighted by Crippen LogP contribution is 2.51. The lowest BCUT2D eigenvalue weighted by atomic mass is 9.71. The molecular formula is C22H31N5. The van der Waals surface area contributed by atoms with Gasteiger partial charge in [-0.25, -0.2) is 9.97 Å². The number of likely N-dealkylation sites (tertiary alicyclic amines) is 1. The summed E-state index contributed by atoms with van der Waals surface area (Å²) in [5.41, 5.74) is 9.35. The number of aromatic nitrogens is 3. The third-order valence-corrected chi connectivity index (χ3v) is 7.59. The molecule has 2 aromatic heterocycles. The first-order chi connectivity index (χ1) is 13.1. The van der Waals surface area contributed by atoms with Crippen molar-refractivity contribution in [3.05, 3.63) is 30.2 Å². The van der Waals surface area contributed by atoms with Crippen molar-refractivity contribution in [1.29, 1.82) is 0 Å². The van der Waals surface area contributed by atoms with Crippen molar-refractivity contribution in [2.75, 3.05) is 25.9 Å². The van der Waals surface area contributed by atoms with E-state index >= 15 is 0 Å². The Kier molecular flexibility index (Phi) is 4.23. The number of hydrogen-bond acceptors (Lipinski definition) is 4. The Balaban J connectivity index is 1.29. The van der Waals surface area contributed by atoms with Gasteiger partial charge in [-0.1, -0.05) is 11.6 Å². The Morgan fingerprint density at radius 3 is 2.89 bits per heavy atom. The van der Waals surface area contributed by atoms with E-state index in [1.807, 2.05) is 0 Å². The molecule has 27 heavy (non-hydrogen) atoms. The largest absolute Gasteiger partial charge is 0.383 e. The van der Waals surface area contributed by atoms with E-state index in [-0.39, 0.29) is 0 Å². The van der Waals surface area contributed by atoms with E-state index in [0.717, 1.165) is 17.0 Å². The van der Waals surface area contributed by atoms with Crippen molar-refractivity contribution < 1.29 is 0 Å². The van der Waals surface area contributed by atoms with Gasteiger partial charge in [-0.3, -0.25) is 0 Å². The van der Waals surface area contributed by atoms with Crippen LogP contribution >= 0.6 is 0 Å². The SMILES string of the molecule is CN1CCC2(CCC=C2CC2CCC(n3ccc4c(N)ncnc43)C2)CC1. The minimum Gasteiger partial charge on any atom is -0.383 e. The summed E-state index contributed by atoms with van der Waals surface area (Å²) >= 11 is 0. The maximum atomic E-state index is 6.02. The molecule has 1 saturated heterocycles. The van der Waals surface area contributed by atoms with Crippen LogP contribution in [0.5, 0.6) is 0 Å². The summed E-state index contributed by atoms with van der Waals surface area (Å²) in [6.45, 7) is 2.53. The van der Waals surface area contributed by atoms with Gasteiger partial charge in [0.15, 0.2) is 0 Å². The van der Waals surface area contributed by atoms with E-state index in [9.17, 15) is 0 Å². The highest BCUT2D eigenvalue weighted by molar-refractivity contribution is 5.86. The molecule has 2 N–H and O–H groups in total. The summed E-state index contributed by atoms with van der Waals surface area (Å²) in [7, 11) is 2.27. The molecule has 0 amide bonds. The number of allylic oxidation sites excluding steroid dienone is 2. The number of piperidine rings is 1. The third kappa shape index (κ3) is 2.96. The number of nitrogen functional groups attached to an aromatic ring is 1. The summed E-state index contributed by atoms with van der Waals surface area (Å²) in [5.74, 6) is 1.40. The molecule has 2 atom stereocenters. The Labute approximate surface area is 161 Å². The Bertz CT molecular complexity index is 859. The van der Waals surface area contributed by atoms with Gasteiger partial charge in [0.1, 0.15) is 17.8 Å². The van der Waals surface area contributed by atoms with E-state index in [1.54, 1.807) is 11.9 Å². The average molecular weight is 366 g/mol. The molecule has 1 saturated carbocycles. The van der Waals surface area contributed by atoms with Crippen molar-refractivity contribution in [2.45, 2.75) is 57.4 Å². The fourth-order valence-electron chi connectivity index (χ4n) is 5.90. The van der Waals surface area contributed by atoms with Crippen LogP contribution in [-0.2, 0) is 0 Å². The quantitative estimate of drug-likeness (QED) is 0.829. The minimum atomic E-state index is 0.534. The van der Waals surface area contributed by atoms with E-state index in [4.69, 9.17) is 5.73 Å². The molecule has 1 aliphatic heterocycles. The fraction of sp³-hybridized carbons (Fsp3) is 0.636. The first-order valence-electron chi connectivity index (χ1n) is 10.6. The van der Waals surface area contributed by atoms with Crippen LogP contribution in [0, 0.1) is 11.3 Å². The molecule has 5 heteroatoms. The average Bonchev–Trinajstić information content (AvgIpc) is 3.38. The predicted octanol–water partition coefficient (Wildman–Crippen LogP) is 4.18. The normalized spacial score (nSPS) is 28.3. The molecule has 2 aliphatic carbocycles. The number of rotatable bonds is 3. The second-order valence-electron chi connectivity index (χ2n) is 9.11.